The summed E-state index contributed by atoms with van der Waals surface area (Å²) in [7, 11) is 0. The first kappa shape index (κ1) is 7.41. The van der Waals surface area contributed by atoms with E-state index in [-0.39, 0.29) is 0 Å². The van der Waals surface area contributed by atoms with E-state index in [9.17, 15) is 4.79 Å². The second kappa shape index (κ2) is 2.67. The highest BCUT2D eigenvalue weighted by Gasteiger charge is 2.28. The first-order valence-corrected chi connectivity index (χ1v) is 5.07. The van der Waals surface area contributed by atoms with E-state index < -0.39 is 0 Å². The molecule has 0 radical (unpaired) electrons. The lowest BCUT2D eigenvalue weighted by Gasteiger charge is -2.10. The summed E-state index contributed by atoms with van der Waals surface area (Å²) in [4.78, 5) is 12.5. The molecule has 1 aliphatic carbocycles. The van der Waals surface area contributed by atoms with Gasteiger partial charge < -0.3 is 0 Å². The fourth-order valence-electron chi connectivity index (χ4n) is 1.82. The first-order valence-electron chi connectivity index (χ1n) is 4.19. The van der Waals surface area contributed by atoms with Crippen molar-refractivity contribution in [3.8, 4) is 0 Å². The third-order valence-corrected chi connectivity index (χ3v) is 3.63. The summed E-state index contributed by atoms with van der Waals surface area (Å²) in [5.41, 5.74) is 1.44. The second-order valence-corrected chi connectivity index (χ2v) is 4.79. The van der Waals surface area contributed by atoms with E-state index in [2.05, 4.69) is 6.92 Å². The Morgan fingerprint density at radius 1 is 1.45 bits per heavy atom. The standard InChI is InChI=1S/C9H12OS/c1-6-5-7-3-2-4-8(10)9(7)11-6/h6H,2-5H2,1H3. The Balaban J connectivity index is 2.25. The SMILES string of the molecule is CC1CC2=C(S1)C(=O)CCC2. The number of carbonyl (C=O) groups is 1. The van der Waals surface area contributed by atoms with Crippen molar-refractivity contribution in [1.29, 1.82) is 0 Å². The number of Topliss-reactive ketones (excluding diaryl/α,β-unsaturated/α-hetero) is 1. The van der Waals surface area contributed by atoms with Crippen LogP contribution in [0.15, 0.2) is 10.5 Å². The monoisotopic (exact) mass is 168 g/mol. The van der Waals surface area contributed by atoms with E-state index >= 15 is 0 Å². The summed E-state index contributed by atoms with van der Waals surface area (Å²) in [6.07, 6.45) is 4.22. The Bertz CT molecular complexity index is 230. The zero-order chi connectivity index (χ0) is 7.84. The lowest BCUT2D eigenvalue weighted by Crippen LogP contribution is -2.05. The third-order valence-electron chi connectivity index (χ3n) is 2.31. The first-order chi connectivity index (χ1) is 5.27. The minimum absolute atomic E-state index is 0.403. The predicted octanol–water partition coefficient (Wildman–Crippen LogP) is 2.52. The van der Waals surface area contributed by atoms with Crippen molar-refractivity contribution >= 4 is 17.5 Å². The minimum Gasteiger partial charge on any atom is -0.294 e. The lowest BCUT2D eigenvalue weighted by atomic mass is 9.96. The number of carbonyl (C=O) groups excluding carboxylic acids is 1. The highest BCUT2D eigenvalue weighted by atomic mass is 32.2. The van der Waals surface area contributed by atoms with E-state index in [1.807, 2.05) is 0 Å². The summed E-state index contributed by atoms with van der Waals surface area (Å²) in [5, 5.41) is 0.655. The molecule has 11 heavy (non-hydrogen) atoms. The Morgan fingerprint density at radius 2 is 2.27 bits per heavy atom. The number of hydrogen-bond donors (Lipinski definition) is 0. The molecule has 0 spiro atoms. The number of hydrogen-bond acceptors (Lipinski definition) is 2. The van der Waals surface area contributed by atoms with Gasteiger partial charge in [0.05, 0.1) is 0 Å². The summed E-state index contributed by atoms with van der Waals surface area (Å²) >= 11 is 1.79. The topological polar surface area (TPSA) is 17.1 Å². The summed E-state index contributed by atoms with van der Waals surface area (Å²) < 4.78 is 0. The van der Waals surface area contributed by atoms with Crippen LogP contribution in [0.3, 0.4) is 0 Å². The maximum atomic E-state index is 11.3. The summed E-state index contributed by atoms with van der Waals surface area (Å²) in [6, 6.07) is 0. The highest BCUT2D eigenvalue weighted by Crippen LogP contribution is 2.43. The molecule has 0 aromatic heterocycles. The Hall–Kier alpha value is -0.240. The van der Waals surface area contributed by atoms with Gasteiger partial charge in [-0.2, -0.15) is 0 Å². The van der Waals surface area contributed by atoms with Crippen molar-refractivity contribution in [2.24, 2.45) is 0 Å². The quantitative estimate of drug-likeness (QED) is 0.553. The maximum absolute atomic E-state index is 11.3. The Kier molecular flexibility index (Phi) is 1.80. The minimum atomic E-state index is 0.403. The molecule has 0 bridgehead atoms. The van der Waals surface area contributed by atoms with Gasteiger partial charge in [0.1, 0.15) is 0 Å². The van der Waals surface area contributed by atoms with Crippen LogP contribution in [0.1, 0.15) is 32.6 Å². The molecule has 0 N–H and O–H groups in total. The van der Waals surface area contributed by atoms with Gasteiger partial charge >= 0.3 is 0 Å². The molecule has 0 fully saturated rings. The number of ketones is 1. The largest absolute Gasteiger partial charge is 0.294 e. The smallest absolute Gasteiger partial charge is 0.169 e. The van der Waals surface area contributed by atoms with Crippen molar-refractivity contribution in [3.05, 3.63) is 10.5 Å². The molecular formula is C9H12OS. The molecule has 60 valence electrons. The van der Waals surface area contributed by atoms with Gasteiger partial charge in [-0.15, -0.1) is 11.8 Å². The van der Waals surface area contributed by atoms with Gasteiger partial charge in [0.15, 0.2) is 5.78 Å². The fourth-order valence-corrected chi connectivity index (χ4v) is 3.09. The van der Waals surface area contributed by atoms with Crippen LogP contribution in [0.2, 0.25) is 0 Å². The molecule has 0 aromatic rings. The van der Waals surface area contributed by atoms with Crippen LogP contribution < -0.4 is 0 Å². The van der Waals surface area contributed by atoms with Crippen molar-refractivity contribution in [3.63, 3.8) is 0 Å². The highest BCUT2D eigenvalue weighted by molar-refractivity contribution is 8.04. The van der Waals surface area contributed by atoms with Crippen LogP contribution >= 0.6 is 11.8 Å². The van der Waals surface area contributed by atoms with Gasteiger partial charge in [-0.05, 0) is 19.3 Å². The van der Waals surface area contributed by atoms with Gasteiger partial charge in [0, 0.05) is 16.6 Å². The van der Waals surface area contributed by atoms with Crippen molar-refractivity contribution < 1.29 is 4.79 Å². The molecule has 0 saturated carbocycles. The number of thioether (sulfide) groups is 1. The Labute approximate surface area is 71.2 Å². The lowest BCUT2D eigenvalue weighted by molar-refractivity contribution is -0.115. The second-order valence-electron chi connectivity index (χ2n) is 3.34. The predicted molar refractivity (Wildman–Crippen MR) is 47.6 cm³/mol. The molecule has 2 aliphatic rings. The van der Waals surface area contributed by atoms with Crippen LogP contribution in [0.4, 0.5) is 0 Å². The van der Waals surface area contributed by atoms with E-state index in [0.29, 0.717) is 11.0 Å². The van der Waals surface area contributed by atoms with Crippen molar-refractivity contribution in [2.75, 3.05) is 0 Å². The zero-order valence-corrected chi connectivity index (χ0v) is 7.54. The van der Waals surface area contributed by atoms with Gasteiger partial charge in [-0.3, -0.25) is 4.79 Å². The normalized spacial score (nSPS) is 31.0. The van der Waals surface area contributed by atoms with Gasteiger partial charge in [0.2, 0.25) is 0 Å². The molecule has 2 heteroatoms. The Morgan fingerprint density at radius 3 is 3.00 bits per heavy atom. The average molecular weight is 168 g/mol. The fraction of sp³-hybridized carbons (Fsp3) is 0.667. The summed E-state index contributed by atoms with van der Waals surface area (Å²) in [5.74, 6) is 0.403. The summed E-state index contributed by atoms with van der Waals surface area (Å²) in [6.45, 7) is 2.20. The molecule has 1 atom stereocenters. The van der Waals surface area contributed by atoms with Crippen LogP contribution in [0.25, 0.3) is 0 Å². The van der Waals surface area contributed by atoms with Crippen LogP contribution in [0.5, 0.6) is 0 Å². The van der Waals surface area contributed by atoms with E-state index in [1.165, 1.54) is 12.0 Å². The molecule has 1 heterocycles. The molecule has 1 aliphatic heterocycles. The molecular weight excluding hydrogens is 156 g/mol. The van der Waals surface area contributed by atoms with E-state index in [4.69, 9.17) is 0 Å². The molecule has 0 saturated heterocycles. The third kappa shape index (κ3) is 1.24. The number of allylic oxidation sites excluding steroid dienone is 2. The number of rotatable bonds is 0. The van der Waals surface area contributed by atoms with E-state index in [1.54, 1.807) is 11.8 Å². The van der Waals surface area contributed by atoms with Crippen LogP contribution in [-0.2, 0) is 4.79 Å². The molecule has 1 nitrogen and oxygen atoms in total. The van der Waals surface area contributed by atoms with Crippen LogP contribution in [0, 0.1) is 0 Å². The molecule has 1 unspecified atom stereocenters. The zero-order valence-electron chi connectivity index (χ0n) is 6.72. The van der Waals surface area contributed by atoms with Crippen molar-refractivity contribution in [2.45, 2.75) is 37.9 Å². The van der Waals surface area contributed by atoms with Gasteiger partial charge in [-0.1, -0.05) is 12.5 Å². The van der Waals surface area contributed by atoms with Gasteiger partial charge in [-0.25, -0.2) is 0 Å². The van der Waals surface area contributed by atoms with Gasteiger partial charge in [0.25, 0.3) is 0 Å². The molecule has 0 aromatic carbocycles. The molecule has 2 rings (SSSR count). The van der Waals surface area contributed by atoms with Crippen LogP contribution in [-0.4, -0.2) is 11.0 Å². The van der Waals surface area contributed by atoms with E-state index in [0.717, 1.165) is 24.2 Å². The molecule has 0 amide bonds. The van der Waals surface area contributed by atoms with Crippen molar-refractivity contribution in [1.82, 2.24) is 0 Å². The maximum Gasteiger partial charge on any atom is 0.169 e. The average Bonchev–Trinajstić information content (AvgIpc) is 2.31.